The van der Waals surface area contributed by atoms with Crippen LogP contribution >= 0.6 is 11.3 Å². The lowest BCUT2D eigenvalue weighted by atomic mass is 10.1. The topological polar surface area (TPSA) is 81.5 Å². The van der Waals surface area contributed by atoms with Gasteiger partial charge in [0.25, 0.3) is 5.91 Å². The lowest BCUT2D eigenvalue weighted by Gasteiger charge is -2.20. The molecule has 0 spiro atoms. The maximum atomic E-state index is 12.8. The molecule has 0 aliphatic carbocycles. The van der Waals surface area contributed by atoms with Crippen LogP contribution in [-0.4, -0.2) is 60.6 Å². The number of aryl methyl sites for hydroxylation is 1. The molecule has 0 unspecified atom stereocenters. The Labute approximate surface area is 182 Å². The molecule has 160 valence electrons. The van der Waals surface area contributed by atoms with E-state index in [0.717, 1.165) is 43.2 Å². The number of nitrogens with one attached hydrogen (secondary N) is 1. The number of hydrogen-bond acceptors (Lipinski definition) is 7. The fourth-order valence-corrected chi connectivity index (χ4v) is 4.17. The molecule has 1 aromatic carbocycles. The van der Waals surface area contributed by atoms with Gasteiger partial charge in [-0.25, -0.2) is 9.99 Å². The van der Waals surface area contributed by atoms with Gasteiger partial charge in [-0.1, -0.05) is 13.8 Å². The van der Waals surface area contributed by atoms with Gasteiger partial charge < -0.3 is 9.64 Å². The van der Waals surface area contributed by atoms with E-state index in [1.54, 1.807) is 12.1 Å². The number of nitrogens with zero attached hydrogens (tertiary/aromatic N) is 4. The van der Waals surface area contributed by atoms with E-state index in [4.69, 9.17) is 4.74 Å². The van der Waals surface area contributed by atoms with Gasteiger partial charge in [-0.3, -0.25) is 10.2 Å². The van der Waals surface area contributed by atoms with Crippen molar-refractivity contribution in [2.75, 3.05) is 39.8 Å². The predicted molar refractivity (Wildman–Crippen MR) is 118 cm³/mol. The number of hydrogen-bond donors (Lipinski definition) is 1. The Kier molecular flexibility index (Phi) is 7.43. The lowest BCUT2D eigenvalue weighted by Crippen LogP contribution is -2.44. The molecule has 1 fully saturated rings. The molecule has 1 N–H and O–H groups in total. The van der Waals surface area contributed by atoms with E-state index in [0.29, 0.717) is 34.4 Å². The van der Waals surface area contributed by atoms with Gasteiger partial charge in [-0.05, 0) is 51.1 Å². The predicted octanol–water partition coefficient (Wildman–Crippen LogP) is 3.31. The smallest absolute Gasteiger partial charge is 0.277 e. The number of nitriles is 1. The van der Waals surface area contributed by atoms with Gasteiger partial charge in [-0.2, -0.15) is 5.26 Å². The monoisotopic (exact) mass is 427 g/mol. The van der Waals surface area contributed by atoms with Crippen molar-refractivity contribution in [3.8, 4) is 22.4 Å². The maximum absolute atomic E-state index is 12.8. The van der Waals surface area contributed by atoms with E-state index in [9.17, 15) is 10.1 Å². The standard InChI is InChI=1S/C22H29N5O2S/c1-15(2)14-29-19-7-6-17(12-18(19)13-23)22-24-16(3)20(30-22)21(28)25-27-9-5-8-26(4)10-11-27/h6-7,12,15H,5,8-11,14H2,1-4H3,(H,25,28). The van der Waals surface area contributed by atoms with Crippen molar-refractivity contribution in [1.82, 2.24) is 20.3 Å². The molecular weight excluding hydrogens is 398 g/mol. The normalized spacial score (nSPS) is 15.6. The summed E-state index contributed by atoms with van der Waals surface area (Å²) in [5.41, 5.74) is 5.00. The number of amides is 1. The molecule has 1 amide bonds. The van der Waals surface area contributed by atoms with E-state index in [-0.39, 0.29) is 5.91 Å². The fraction of sp³-hybridized carbons (Fsp3) is 0.500. The zero-order chi connectivity index (χ0) is 21.7. The Bertz CT molecular complexity index is 934. The van der Waals surface area contributed by atoms with Gasteiger partial charge in [-0.15, -0.1) is 11.3 Å². The molecule has 2 heterocycles. The number of aromatic nitrogens is 1. The van der Waals surface area contributed by atoms with Crippen LogP contribution in [0.3, 0.4) is 0 Å². The minimum atomic E-state index is -0.127. The summed E-state index contributed by atoms with van der Waals surface area (Å²) in [5, 5.41) is 12.2. The second kappa shape index (κ2) is 10.0. The summed E-state index contributed by atoms with van der Waals surface area (Å²) in [7, 11) is 2.10. The molecule has 30 heavy (non-hydrogen) atoms. The number of carbonyl (C=O) groups excluding carboxylic acids is 1. The molecule has 0 bridgehead atoms. The number of likely N-dealkylation sites (N-methyl/N-ethyl adjacent to an activating group) is 1. The molecule has 2 aromatic rings. The Morgan fingerprint density at radius 3 is 2.87 bits per heavy atom. The van der Waals surface area contributed by atoms with Crippen LogP contribution in [0, 0.1) is 24.2 Å². The highest BCUT2D eigenvalue weighted by Gasteiger charge is 2.20. The van der Waals surface area contributed by atoms with Gasteiger partial charge >= 0.3 is 0 Å². The van der Waals surface area contributed by atoms with Gasteiger partial charge in [0, 0.05) is 25.2 Å². The van der Waals surface area contributed by atoms with Gasteiger partial charge in [0.15, 0.2) is 0 Å². The van der Waals surface area contributed by atoms with Gasteiger partial charge in [0.2, 0.25) is 0 Å². The van der Waals surface area contributed by atoms with Crippen molar-refractivity contribution in [2.45, 2.75) is 27.2 Å². The van der Waals surface area contributed by atoms with Crippen molar-refractivity contribution in [3.05, 3.63) is 34.3 Å². The Morgan fingerprint density at radius 2 is 2.13 bits per heavy atom. The molecule has 0 radical (unpaired) electrons. The average molecular weight is 428 g/mol. The van der Waals surface area contributed by atoms with Crippen LogP contribution in [0.1, 0.15) is 41.2 Å². The summed E-state index contributed by atoms with van der Waals surface area (Å²) < 4.78 is 5.74. The summed E-state index contributed by atoms with van der Waals surface area (Å²) in [4.78, 5) is 20.3. The highest BCUT2D eigenvalue weighted by Crippen LogP contribution is 2.31. The molecule has 1 aromatic heterocycles. The first-order valence-electron chi connectivity index (χ1n) is 10.3. The minimum Gasteiger partial charge on any atom is -0.492 e. The first kappa shape index (κ1) is 22.2. The van der Waals surface area contributed by atoms with Crippen LogP contribution in [0.5, 0.6) is 5.75 Å². The Balaban J connectivity index is 1.75. The van der Waals surface area contributed by atoms with Crippen molar-refractivity contribution in [3.63, 3.8) is 0 Å². The first-order valence-corrected chi connectivity index (χ1v) is 11.1. The number of ether oxygens (including phenoxy) is 1. The molecule has 1 saturated heterocycles. The zero-order valence-corrected chi connectivity index (χ0v) is 18.9. The number of thiazole rings is 1. The van der Waals surface area contributed by atoms with Crippen LogP contribution < -0.4 is 10.2 Å². The van der Waals surface area contributed by atoms with Crippen LogP contribution in [0.4, 0.5) is 0 Å². The maximum Gasteiger partial charge on any atom is 0.277 e. The molecule has 7 nitrogen and oxygen atoms in total. The third-order valence-electron chi connectivity index (χ3n) is 4.90. The van der Waals surface area contributed by atoms with Crippen LogP contribution in [0.15, 0.2) is 18.2 Å². The fourth-order valence-electron chi connectivity index (χ4n) is 3.22. The minimum absolute atomic E-state index is 0.127. The highest BCUT2D eigenvalue weighted by molar-refractivity contribution is 7.17. The van der Waals surface area contributed by atoms with Crippen LogP contribution in [-0.2, 0) is 0 Å². The highest BCUT2D eigenvalue weighted by atomic mass is 32.1. The largest absolute Gasteiger partial charge is 0.492 e. The van der Waals surface area contributed by atoms with E-state index in [2.05, 4.69) is 42.3 Å². The van der Waals surface area contributed by atoms with E-state index in [1.165, 1.54) is 11.3 Å². The summed E-state index contributed by atoms with van der Waals surface area (Å²) in [6.45, 7) is 10.1. The molecular formula is C22H29N5O2S. The second-order valence-electron chi connectivity index (χ2n) is 8.05. The molecule has 8 heteroatoms. The molecule has 0 saturated carbocycles. The second-order valence-corrected chi connectivity index (χ2v) is 9.05. The quantitative estimate of drug-likeness (QED) is 0.762. The number of rotatable bonds is 6. The summed E-state index contributed by atoms with van der Waals surface area (Å²) in [6.07, 6.45) is 1.02. The summed E-state index contributed by atoms with van der Waals surface area (Å²) in [5.74, 6) is 0.828. The van der Waals surface area contributed by atoms with Crippen LogP contribution in [0.25, 0.3) is 10.6 Å². The average Bonchev–Trinajstić information content (AvgIpc) is 3.00. The van der Waals surface area contributed by atoms with E-state index < -0.39 is 0 Å². The van der Waals surface area contributed by atoms with Crippen molar-refractivity contribution >= 4 is 17.2 Å². The molecule has 1 aliphatic heterocycles. The van der Waals surface area contributed by atoms with E-state index in [1.807, 2.05) is 18.0 Å². The summed E-state index contributed by atoms with van der Waals surface area (Å²) >= 11 is 1.35. The molecule has 3 rings (SSSR count). The molecule has 0 atom stereocenters. The SMILES string of the molecule is Cc1nc(-c2ccc(OCC(C)C)c(C#N)c2)sc1C(=O)NN1CCCN(C)CC1. The zero-order valence-electron chi connectivity index (χ0n) is 18.1. The summed E-state index contributed by atoms with van der Waals surface area (Å²) in [6, 6.07) is 7.67. The number of benzene rings is 1. The van der Waals surface area contributed by atoms with E-state index >= 15 is 0 Å². The third kappa shape index (κ3) is 5.57. The number of carbonyl (C=O) groups is 1. The molecule has 1 aliphatic rings. The van der Waals surface area contributed by atoms with Gasteiger partial charge in [0.1, 0.15) is 21.7 Å². The Hall–Kier alpha value is -2.47. The first-order chi connectivity index (χ1) is 14.4. The van der Waals surface area contributed by atoms with Crippen LogP contribution in [0.2, 0.25) is 0 Å². The third-order valence-corrected chi connectivity index (χ3v) is 6.11. The lowest BCUT2D eigenvalue weighted by molar-refractivity contribution is 0.0799. The van der Waals surface area contributed by atoms with Crippen molar-refractivity contribution < 1.29 is 9.53 Å². The number of hydrazine groups is 1. The van der Waals surface area contributed by atoms with Crippen molar-refractivity contribution in [1.29, 1.82) is 5.26 Å². The Morgan fingerprint density at radius 1 is 1.33 bits per heavy atom. The van der Waals surface area contributed by atoms with Crippen molar-refractivity contribution in [2.24, 2.45) is 5.92 Å². The van der Waals surface area contributed by atoms with Gasteiger partial charge in [0.05, 0.1) is 17.9 Å².